The second kappa shape index (κ2) is 10.8. The van der Waals surface area contributed by atoms with Crippen LogP contribution in [-0.4, -0.2) is 65.2 Å². The second-order valence-corrected chi connectivity index (χ2v) is 8.37. The van der Waals surface area contributed by atoms with Crippen molar-refractivity contribution in [2.75, 3.05) is 25.6 Å². The van der Waals surface area contributed by atoms with E-state index in [4.69, 9.17) is 16.0 Å². The molecule has 0 unspecified atom stereocenters. The number of fused-ring (bicyclic) bond motifs is 1. The Balaban J connectivity index is 1.79. The predicted molar refractivity (Wildman–Crippen MR) is 125 cm³/mol. The van der Waals surface area contributed by atoms with Crippen LogP contribution in [0.5, 0.6) is 5.75 Å². The maximum Gasteiger partial charge on any atom is 0.422 e. The number of halogens is 3. The van der Waals surface area contributed by atoms with Crippen molar-refractivity contribution in [1.29, 1.82) is 5.41 Å². The van der Waals surface area contributed by atoms with Crippen LogP contribution in [0, 0.1) is 5.41 Å². The molecule has 0 fully saturated rings. The van der Waals surface area contributed by atoms with Crippen molar-refractivity contribution >= 4 is 23.7 Å². The van der Waals surface area contributed by atoms with Gasteiger partial charge in [-0.05, 0) is 55.7 Å². The molecule has 2 amide bonds. The standard InChI is InChI=1S/C23H27F3N6O4/c1-13(2)32(28)20(27)17-5-4-6-19(29-17)30-21(33)16-9-15-11-31(22(34)36-12-23(24,25)26)8-7-14(15)10-18(16)35-3/h4-6,9-10,13,27H,7-8,11-12,28H2,1-3H3,(H,29,30,33). The molecule has 1 aliphatic rings. The molecule has 3 rings (SSSR count). The third-order valence-corrected chi connectivity index (χ3v) is 5.44. The number of rotatable bonds is 6. The number of methoxy groups -OCH3 is 1. The minimum atomic E-state index is -4.62. The lowest BCUT2D eigenvalue weighted by molar-refractivity contribution is -0.162. The van der Waals surface area contributed by atoms with Crippen molar-refractivity contribution in [1.82, 2.24) is 14.9 Å². The maximum absolute atomic E-state index is 13.1. The average molecular weight is 509 g/mol. The Labute approximate surface area is 205 Å². The number of hydrogen-bond donors (Lipinski definition) is 3. The summed E-state index contributed by atoms with van der Waals surface area (Å²) in [6.07, 6.45) is -5.35. The largest absolute Gasteiger partial charge is 0.496 e. The first-order chi connectivity index (χ1) is 16.9. The molecule has 1 aromatic heterocycles. The van der Waals surface area contributed by atoms with Crippen LogP contribution in [0.15, 0.2) is 30.3 Å². The van der Waals surface area contributed by atoms with Crippen LogP contribution in [0.1, 0.15) is 41.0 Å². The number of nitrogens with two attached hydrogens (primary N) is 1. The average Bonchev–Trinajstić information content (AvgIpc) is 2.84. The highest BCUT2D eigenvalue weighted by molar-refractivity contribution is 6.06. The quantitative estimate of drug-likeness (QED) is 0.236. The number of carbonyl (C=O) groups excluding carboxylic acids is 2. The van der Waals surface area contributed by atoms with Gasteiger partial charge in [-0.25, -0.2) is 15.6 Å². The predicted octanol–water partition coefficient (Wildman–Crippen LogP) is 3.31. The number of anilines is 1. The number of carbonyl (C=O) groups is 2. The lowest BCUT2D eigenvalue weighted by Gasteiger charge is -2.29. The molecule has 0 spiro atoms. The lowest BCUT2D eigenvalue weighted by Crippen LogP contribution is -2.43. The van der Waals surface area contributed by atoms with Crippen molar-refractivity contribution in [3.05, 3.63) is 52.7 Å². The summed E-state index contributed by atoms with van der Waals surface area (Å²) in [5.74, 6) is 5.77. The molecular weight excluding hydrogens is 481 g/mol. The number of benzene rings is 1. The first kappa shape index (κ1) is 26.7. The van der Waals surface area contributed by atoms with Crippen molar-refractivity contribution in [2.45, 2.75) is 39.0 Å². The zero-order valence-corrected chi connectivity index (χ0v) is 20.0. The van der Waals surface area contributed by atoms with Gasteiger partial charge < -0.3 is 19.7 Å². The minimum Gasteiger partial charge on any atom is -0.496 e. The molecule has 1 aliphatic heterocycles. The lowest BCUT2D eigenvalue weighted by atomic mass is 9.96. The van der Waals surface area contributed by atoms with Gasteiger partial charge in [0.1, 0.15) is 17.3 Å². The summed E-state index contributed by atoms with van der Waals surface area (Å²) in [5, 5.41) is 12.1. The van der Waals surface area contributed by atoms with Gasteiger partial charge in [-0.2, -0.15) is 13.2 Å². The van der Waals surface area contributed by atoms with Gasteiger partial charge in [0.05, 0.1) is 12.7 Å². The van der Waals surface area contributed by atoms with Gasteiger partial charge >= 0.3 is 12.3 Å². The Kier molecular flexibility index (Phi) is 8.03. The first-order valence-corrected chi connectivity index (χ1v) is 11.0. The third-order valence-electron chi connectivity index (χ3n) is 5.44. The summed E-state index contributed by atoms with van der Waals surface area (Å²) in [6, 6.07) is 7.81. The fraction of sp³-hybridized carbons (Fsp3) is 0.391. The van der Waals surface area contributed by atoms with Crippen LogP contribution in [0.4, 0.5) is 23.8 Å². The van der Waals surface area contributed by atoms with Crippen molar-refractivity contribution in [3.63, 3.8) is 0 Å². The SMILES string of the molecule is COc1cc2c(cc1C(=O)Nc1cccc(C(=N)N(N)C(C)C)n1)CN(C(=O)OCC(F)(F)F)CC2. The highest BCUT2D eigenvalue weighted by Gasteiger charge is 2.32. The number of amidine groups is 1. The van der Waals surface area contributed by atoms with Gasteiger partial charge in [0, 0.05) is 19.1 Å². The summed E-state index contributed by atoms with van der Waals surface area (Å²) in [6.45, 7) is 2.10. The van der Waals surface area contributed by atoms with E-state index in [1.807, 2.05) is 13.8 Å². The van der Waals surface area contributed by atoms with Crippen molar-refractivity contribution < 1.29 is 32.2 Å². The van der Waals surface area contributed by atoms with Gasteiger partial charge in [-0.1, -0.05) is 6.07 Å². The van der Waals surface area contributed by atoms with Gasteiger partial charge in [-0.15, -0.1) is 0 Å². The van der Waals surface area contributed by atoms with E-state index in [2.05, 4.69) is 15.0 Å². The summed E-state index contributed by atoms with van der Waals surface area (Å²) < 4.78 is 46.9. The maximum atomic E-state index is 13.1. The van der Waals surface area contributed by atoms with E-state index in [-0.39, 0.29) is 47.8 Å². The molecular formula is C23H27F3N6O4. The number of hydrogen-bond acceptors (Lipinski definition) is 7. The van der Waals surface area contributed by atoms with Gasteiger partial charge in [0.2, 0.25) is 0 Å². The smallest absolute Gasteiger partial charge is 0.422 e. The molecule has 2 aromatic rings. The summed E-state index contributed by atoms with van der Waals surface area (Å²) in [5.41, 5.74) is 1.78. The number of ether oxygens (including phenoxy) is 2. The Morgan fingerprint density at radius 3 is 2.64 bits per heavy atom. The van der Waals surface area contributed by atoms with Crippen LogP contribution in [-0.2, 0) is 17.7 Å². The van der Waals surface area contributed by atoms with Crippen LogP contribution in [0.25, 0.3) is 0 Å². The Morgan fingerprint density at radius 1 is 1.28 bits per heavy atom. The molecule has 194 valence electrons. The van der Waals surface area contributed by atoms with E-state index in [0.29, 0.717) is 12.0 Å². The number of amides is 2. The Bertz CT molecular complexity index is 1160. The summed E-state index contributed by atoms with van der Waals surface area (Å²) in [4.78, 5) is 30.6. The van der Waals surface area contributed by atoms with E-state index >= 15 is 0 Å². The third kappa shape index (κ3) is 6.42. The highest BCUT2D eigenvalue weighted by Crippen LogP contribution is 2.29. The van der Waals surface area contributed by atoms with Crippen LogP contribution in [0.2, 0.25) is 0 Å². The van der Waals surface area contributed by atoms with Crippen molar-refractivity contribution in [3.8, 4) is 5.75 Å². The Hall–Kier alpha value is -3.87. The molecule has 36 heavy (non-hydrogen) atoms. The zero-order valence-electron chi connectivity index (χ0n) is 20.0. The molecule has 0 aliphatic carbocycles. The summed E-state index contributed by atoms with van der Waals surface area (Å²) >= 11 is 0. The number of pyridine rings is 1. The van der Waals surface area contributed by atoms with Gasteiger partial charge in [0.15, 0.2) is 12.4 Å². The molecule has 0 saturated carbocycles. The topological polar surface area (TPSA) is 134 Å². The van der Waals surface area contributed by atoms with Crippen molar-refractivity contribution in [2.24, 2.45) is 5.84 Å². The number of hydrazine groups is 1. The fourth-order valence-corrected chi connectivity index (χ4v) is 3.53. The minimum absolute atomic E-state index is 0.0232. The molecule has 1 aromatic carbocycles. The molecule has 2 heterocycles. The van der Waals surface area contributed by atoms with E-state index in [9.17, 15) is 22.8 Å². The zero-order chi connectivity index (χ0) is 26.6. The van der Waals surface area contributed by atoms with E-state index in [1.165, 1.54) is 18.2 Å². The molecule has 0 atom stereocenters. The first-order valence-electron chi connectivity index (χ1n) is 11.0. The Morgan fingerprint density at radius 2 is 2.00 bits per heavy atom. The highest BCUT2D eigenvalue weighted by atomic mass is 19.4. The fourth-order valence-electron chi connectivity index (χ4n) is 3.53. The molecule has 13 heteroatoms. The van der Waals surface area contributed by atoms with Gasteiger partial charge in [-0.3, -0.25) is 15.2 Å². The molecule has 0 bridgehead atoms. The number of nitrogens with zero attached hydrogens (tertiary/aromatic N) is 3. The van der Waals surface area contributed by atoms with Crippen LogP contribution < -0.4 is 15.9 Å². The van der Waals surface area contributed by atoms with Crippen LogP contribution >= 0.6 is 0 Å². The number of nitrogens with one attached hydrogen (secondary N) is 2. The normalized spacial score (nSPS) is 13.2. The monoisotopic (exact) mass is 508 g/mol. The number of alkyl halides is 3. The molecule has 10 nitrogen and oxygen atoms in total. The molecule has 4 N–H and O–H groups in total. The van der Waals surface area contributed by atoms with Crippen LogP contribution in [0.3, 0.4) is 0 Å². The summed E-state index contributed by atoms with van der Waals surface area (Å²) in [7, 11) is 1.41. The van der Waals surface area contributed by atoms with Gasteiger partial charge in [0.25, 0.3) is 5.91 Å². The second-order valence-electron chi connectivity index (χ2n) is 8.37. The molecule has 0 saturated heterocycles. The number of aromatic nitrogens is 1. The van der Waals surface area contributed by atoms with E-state index < -0.39 is 24.8 Å². The van der Waals surface area contributed by atoms with E-state index in [0.717, 1.165) is 10.5 Å². The van der Waals surface area contributed by atoms with E-state index in [1.54, 1.807) is 24.3 Å². The molecule has 0 radical (unpaired) electrons.